The smallest absolute Gasteiger partial charge is 0.280 e. The Labute approximate surface area is 205 Å². The van der Waals surface area contributed by atoms with E-state index in [4.69, 9.17) is 19.5 Å². The second-order valence-electron chi connectivity index (χ2n) is 8.77. The van der Waals surface area contributed by atoms with Gasteiger partial charge >= 0.3 is 0 Å². The molecule has 188 valence electrons. The van der Waals surface area contributed by atoms with Crippen molar-refractivity contribution in [3.63, 3.8) is 0 Å². The molecule has 2 aromatic heterocycles. The molecular weight excluding hydrogens is 469 g/mol. The largest absolute Gasteiger partial charge is 0.370 e. The van der Waals surface area contributed by atoms with Crippen molar-refractivity contribution in [1.29, 1.82) is 0 Å². The number of imidazole rings is 1. The van der Waals surface area contributed by atoms with E-state index in [0.717, 1.165) is 31.2 Å². The highest BCUT2D eigenvalue weighted by molar-refractivity contribution is 7.47. The van der Waals surface area contributed by atoms with E-state index in [-0.39, 0.29) is 41.7 Å². The first-order chi connectivity index (χ1) is 17.0. The molecule has 1 atom stereocenters. The minimum absolute atomic E-state index is 0.0363. The molecule has 0 spiro atoms. The van der Waals surface area contributed by atoms with Gasteiger partial charge in [-0.15, -0.1) is 0 Å². The predicted molar refractivity (Wildman–Crippen MR) is 134 cm³/mol. The zero-order valence-electron chi connectivity index (χ0n) is 19.9. The zero-order valence-corrected chi connectivity index (χ0v) is 20.8. The van der Waals surface area contributed by atoms with Gasteiger partial charge < -0.3 is 24.1 Å². The number of Topliss-reactive ketones (excluding diaryl/α,β-unsaturated/α-hetero) is 1. The van der Waals surface area contributed by atoms with Crippen molar-refractivity contribution in [2.75, 3.05) is 25.3 Å². The number of anilines is 1. The van der Waals surface area contributed by atoms with Crippen LogP contribution in [0.1, 0.15) is 43.2 Å². The number of ketones is 1. The van der Waals surface area contributed by atoms with Crippen LogP contribution in [0, 0.1) is 12.8 Å². The monoisotopic (exact) mass is 501 g/mol. The molecule has 1 saturated carbocycles. The average molecular weight is 502 g/mol. The number of nitrogens with zero attached hydrogens (tertiary/aromatic N) is 3. The van der Waals surface area contributed by atoms with Gasteiger partial charge in [-0.05, 0) is 25.3 Å². The summed E-state index contributed by atoms with van der Waals surface area (Å²) in [5.41, 5.74) is 8.12. The molecule has 1 aliphatic rings. The standard InChI is InChI=1S/C24H32N5O5P/c1-17-7-9-18(10-8-17)13-33-35(34-14-20(30)19-5-3-2-4-6-19)16-32-12-11-29-15-26-21-22(29)27-24(25)28-23(21)31/h7-10,15,19H,2-6,11-14,16H2,1H3,(H3,25,27,28,31). The van der Waals surface area contributed by atoms with Crippen molar-refractivity contribution in [3.8, 4) is 0 Å². The molecule has 3 aromatic rings. The third-order valence-corrected chi connectivity index (χ3v) is 7.30. The Morgan fingerprint density at radius 2 is 1.97 bits per heavy atom. The number of benzene rings is 1. The molecule has 2 heterocycles. The van der Waals surface area contributed by atoms with Gasteiger partial charge in [0.05, 0.1) is 19.5 Å². The molecule has 10 nitrogen and oxygen atoms in total. The van der Waals surface area contributed by atoms with Gasteiger partial charge in [0.2, 0.25) is 5.95 Å². The molecule has 0 radical (unpaired) electrons. The van der Waals surface area contributed by atoms with E-state index in [1.54, 1.807) is 4.57 Å². The summed E-state index contributed by atoms with van der Waals surface area (Å²) >= 11 is 0. The first kappa shape index (κ1) is 25.4. The third-order valence-electron chi connectivity index (χ3n) is 6.07. The molecule has 4 rings (SSSR count). The first-order valence-electron chi connectivity index (χ1n) is 11.9. The van der Waals surface area contributed by atoms with Crippen LogP contribution in [-0.2, 0) is 31.7 Å². The fraction of sp³-hybridized carbons (Fsp3) is 0.500. The Kier molecular flexibility index (Phi) is 8.98. The van der Waals surface area contributed by atoms with E-state index in [1.807, 2.05) is 31.2 Å². The highest BCUT2D eigenvalue weighted by Crippen LogP contribution is 2.40. The number of carbonyl (C=O) groups is 1. The Morgan fingerprint density at radius 1 is 1.20 bits per heavy atom. The van der Waals surface area contributed by atoms with Crippen LogP contribution in [-0.4, -0.2) is 44.9 Å². The molecule has 0 amide bonds. The van der Waals surface area contributed by atoms with Crippen LogP contribution in [0.5, 0.6) is 0 Å². The number of aromatic nitrogens is 4. The molecule has 11 heteroatoms. The number of carbonyl (C=O) groups excluding carboxylic acids is 1. The molecule has 1 aliphatic carbocycles. The number of nitrogens with two attached hydrogens (primary N) is 1. The highest BCUT2D eigenvalue weighted by Gasteiger charge is 2.23. The predicted octanol–water partition coefficient (Wildman–Crippen LogP) is 3.68. The van der Waals surface area contributed by atoms with E-state index >= 15 is 0 Å². The molecule has 0 bridgehead atoms. The molecule has 35 heavy (non-hydrogen) atoms. The lowest BCUT2D eigenvalue weighted by atomic mass is 9.86. The lowest BCUT2D eigenvalue weighted by Crippen LogP contribution is -2.22. The number of hydrogen-bond acceptors (Lipinski definition) is 8. The Bertz CT molecular complexity index is 1170. The second-order valence-corrected chi connectivity index (χ2v) is 10.2. The summed E-state index contributed by atoms with van der Waals surface area (Å²) in [4.78, 5) is 35.2. The number of aromatic amines is 1. The molecule has 1 aromatic carbocycles. The van der Waals surface area contributed by atoms with Crippen molar-refractivity contribution in [2.45, 2.75) is 52.2 Å². The van der Waals surface area contributed by atoms with Gasteiger partial charge in [0.1, 0.15) is 13.0 Å². The van der Waals surface area contributed by atoms with Crippen molar-refractivity contribution in [1.82, 2.24) is 19.5 Å². The van der Waals surface area contributed by atoms with Gasteiger partial charge in [0, 0.05) is 12.5 Å². The second kappa shape index (κ2) is 12.4. The van der Waals surface area contributed by atoms with Crippen LogP contribution in [0.2, 0.25) is 0 Å². The summed E-state index contributed by atoms with van der Waals surface area (Å²) in [6, 6.07) is 8.10. The van der Waals surface area contributed by atoms with E-state index in [9.17, 15) is 9.59 Å². The summed E-state index contributed by atoms with van der Waals surface area (Å²) in [5.74, 6) is 0.278. The van der Waals surface area contributed by atoms with Crippen molar-refractivity contribution in [2.24, 2.45) is 5.92 Å². The summed E-state index contributed by atoms with van der Waals surface area (Å²) in [7, 11) is -1.42. The van der Waals surface area contributed by atoms with Crippen molar-refractivity contribution in [3.05, 3.63) is 52.1 Å². The fourth-order valence-electron chi connectivity index (χ4n) is 4.06. The molecular formula is C24H32N5O5P. The molecule has 0 saturated heterocycles. The van der Waals surface area contributed by atoms with Crippen molar-refractivity contribution < 1.29 is 18.6 Å². The zero-order chi connectivity index (χ0) is 24.6. The maximum Gasteiger partial charge on any atom is 0.280 e. The number of nitrogens with one attached hydrogen (secondary N) is 1. The summed E-state index contributed by atoms with van der Waals surface area (Å²) in [5, 5.41) is 0. The lowest BCUT2D eigenvalue weighted by Gasteiger charge is -2.22. The number of hydrogen-bond donors (Lipinski definition) is 2. The van der Waals surface area contributed by atoms with Crippen LogP contribution in [0.25, 0.3) is 11.2 Å². The van der Waals surface area contributed by atoms with Gasteiger partial charge in [-0.3, -0.25) is 14.6 Å². The maximum atomic E-state index is 12.6. The third kappa shape index (κ3) is 7.18. The summed E-state index contributed by atoms with van der Waals surface area (Å²) in [6.45, 7) is 3.21. The normalized spacial score (nSPS) is 15.5. The number of nitrogen functional groups attached to an aromatic ring is 1. The van der Waals surface area contributed by atoms with Gasteiger partial charge in [0.25, 0.3) is 5.56 Å². The highest BCUT2D eigenvalue weighted by atomic mass is 31.2. The van der Waals surface area contributed by atoms with Crippen LogP contribution in [0.4, 0.5) is 5.95 Å². The van der Waals surface area contributed by atoms with E-state index in [0.29, 0.717) is 25.4 Å². The number of rotatable bonds is 12. The van der Waals surface area contributed by atoms with Gasteiger partial charge in [-0.1, -0.05) is 49.1 Å². The lowest BCUT2D eigenvalue weighted by molar-refractivity contribution is -0.125. The van der Waals surface area contributed by atoms with E-state index in [2.05, 4.69) is 15.0 Å². The van der Waals surface area contributed by atoms with Crippen LogP contribution in [0.3, 0.4) is 0 Å². The van der Waals surface area contributed by atoms with Crippen molar-refractivity contribution >= 4 is 31.3 Å². The number of ether oxygens (including phenoxy) is 1. The average Bonchev–Trinajstić information content (AvgIpc) is 3.27. The first-order valence-corrected chi connectivity index (χ1v) is 13.3. The topological polar surface area (TPSA) is 134 Å². The Morgan fingerprint density at radius 3 is 2.74 bits per heavy atom. The van der Waals surface area contributed by atoms with E-state index in [1.165, 1.54) is 18.3 Å². The number of aryl methyl sites for hydroxylation is 1. The minimum atomic E-state index is -1.42. The Hall–Kier alpha value is -2.65. The minimum Gasteiger partial charge on any atom is -0.370 e. The molecule has 3 N–H and O–H groups in total. The van der Waals surface area contributed by atoms with Gasteiger partial charge in [-0.2, -0.15) is 4.98 Å². The quantitative estimate of drug-likeness (QED) is 0.284. The number of H-pyrrole nitrogens is 1. The number of fused-ring (bicyclic) bond motifs is 1. The summed E-state index contributed by atoms with van der Waals surface area (Å²) in [6.07, 6.45) is 7.06. The Balaban J connectivity index is 1.31. The van der Waals surface area contributed by atoms with E-state index < -0.39 is 8.38 Å². The van der Waals surface area contributed by atoms with Crippen LogP contribution in [0.15, 0.2) is 35.4 Å². The van der Waals surface area contributed by atoms with Gasteiger partial charge in [-0.25, -0.2) is 4.98 Å². The fourth-order valence-corrected chi connectivity index (χ4v) is 5.12. The van der Waals surface area contributed by atoms with Crippen LogP contribution >= 0.6 is 8.38 Å². The molecule has 1 unspecified atom stereocenters. The molecule has 1 fully saturated rings. The molecule has 0 aliphatic heterocycles. The van der Waals surface area contributed by atoms with Crippen LogP contribution < -0.4 is 11.3 Å². The summed E-state index contributed by atoms with van der Waals surface area (Å²) < 4.78 is 19.5. The SMILES string of the molecule is Cc1ccc(COP(COCCn2cnc3c(=O)[nH]c(N)nc32)OCC(=O)C2CCCCC2)cc1. The maximum absolute atomic E-state index is 12.6. The van der Waals surface area contributed by atoms with Gasteiger partial charge in [0.15, 0.2) is 25.3 Å².